The summed E-state index contributed by atoms with van der Waals surface area (Å²) in [6.07, 6.45) is 54.0. The highest BCUT2D eigenvalue weighted by Gasteiger charge is 2.26. The second-order valence-corrected chi connectivity index (χ2v) is 17.0. The van der Waals surface area contributed by atoms with Crippen molar-refractivity contribution in [2.45, 2.75) is 213 Å². The monoisotopic (exact) mass is 850 g/mol. The molecule has 0 aromatic heterocycles. The molecule has 0 aliphatic carbocycles. The molecule has 0 aromatic rings. The Kier molecular flexibility index (Phi) is 43.5. The summed E-state index contributed by atoms with van der Waals surface area (Å²) in [4.78, 5) is 35.0. The van der Waals surface area contributed by atoms with Crippen LogP contribution >= 0.6 is 7.82 Å². The van der Waals surface area contributed by atoms with E-state index in [-0.39, 0.29) is 32.6 Å². The molecule has 0 amide bonds. The van der Waals surface area contributed by atoms with Crippen LogP contribution in [0.1, 0.15) is 206 Å². The summed E-state index contributed by atoms with van der Waals surface area (Å²) in [5.41, 5.74) is 5.36. The molecule has 59 heavy (non-hydrogen) atoms. The van der Waals surface area contributed by atoms with Gasteiger partial charge < -0.3 is 20.1 Å². The molecule has 1 unspecified atom stereocenters. The average Bonchev–Trinajstić information content (AvgIpc) is 3.22. The van der Waals surface area contributed by atoms with E-state index < -0.39 is 32.5 Å². The summed E-state index contributed by atoms with van der Waals surface area (Å²) in [7, 11) is -4.39. The molecule has 0 saturated heterocycles. The Bertz CT molecular complexity index is 1150. The fourth-order valence-corrected chi connectivity index (χ4v) is 7.15. The van der Waals surface area contributed by atoms with Crippen LogP contribution in [-0.2, 0) is 32.7 Å². The summed E-state index contributed by atoms with van der Waals surface area (Å²) in [6.45, 7) is 3.60. The number of phosphoric ester groups is 1. The number of ether oxygens (including phenoxy) is 2. The lowest BCUT2D eigenvalue weighted by Crippen LogP contribution is -2.29. The number of hydrogen-bond acceptors (Lipinski definition) is 8. The van der Waals surface area contributed by atoms with Gasteiger partial charge in [0.1, 0.15) is 6.61 Å². The number of carbonyl (C=O) groups excluding carboxylic acids is 2. The molecule has 0 radical (unpaired) electrons. The minimum absolute atomic E-state index is 0.0477. The third-order valence-corrected chi connectivity index (χ3v) is 10.9. The maximum Gasteiger partial charge on any atom is 0.472 e. The van der Waals surface area contributed by atoms with Crippen molar-refractivity contribution in [1.82, 2.24) is 0 Å². The van der Waals surface area contributed by atoms with Crippen LogP contribution in [0.3, 0.4) is 0 Å². The van der Waals surface area contributed by atoms with Crippen LogP contribution in [0.5, 0.6) is 0 Å². The Morgan fingerprint density at radius 3 is 1.41 bits per heavy atom. The Balaban J connectivity index is 4.12. The van der Waals surface area contributed by atoms with Crippen LogP contribution in [0.4, 0.5) is 0 Å². The zero-order valence-electron chi connectivity index (χ0n) is 37.7. The van der Waals surface area contributed by atoms with Crippen molar-refractivity contribution in [3.63, 3.8) is 0 Å². The van der Waals surface area contributed by atoms with E-state index in [1.807, 2.05) is 0 Å². The summed E-state index contributed by atoms with van der Waals surface area (Å²) < 4.78 is 32.8. The van der Waals surface area contributed by atoms with Crippen molar-refractivity contribution >= 4 is 19.8 Å². The quantitative estimate of drug-likeness (QED) is 0.0266. The molecule has 0 aliphatic heterocycles. The van der Waals surface area contributed by atoms with Crippen LogP contribution < -0.4 is 5.73 Å². The normalized spacial score (nSPS) is 13.8. The van der Waals surface area contributed by atoms with Gasteiger partial charge in [0.05, 0.1) is 13.2 Å². The molecule has 0 fully saturated rings. The Hall–Kier alpha value is -2.29. The molecular weight excluding hydrogens is 762 g/mol. The Morgan fingerprint density at radius 1 is 0.525 bits per heavy atom. The van der Waals surface area contributed by atoms with Crippen molar-refractivity contribution in [2.75, 3.05) is 26.4 Å². The van der Waals surface area contributed by atoms with Gasteiger partial charge in [-0.05, 0) is 77.0 Å². The molecule has 2 atom stereocenters. The van der Waals surface area contributed by atoms with Crippen molar-refractivity contribution in [1.29, 1.82) is 0 Å². The number of carbonyl (C=O) groups is 2. The third kappa shape index (κ3) is 45.1. The minimum Gasteiger partial charge on any atom is -0.462 e. The SMILES string of the molecule is CC/C=C\C/C=C\C/C=C\C/C=C\CCCCCCC(=O)OC[C@H](COP(=O)(O)OCCN)OC(=O)CCCCCCCCCCCCC/C=C\CCCCCCCC. The van der Waals surface area contributed by atoms with E-state index in [0.717, 1.165) is 70.6 Å². The molecule has 0 heterocycles. The fraction of sp³-hybridized carbons (Fsp3) is 0.755. The first kappa shape index (κ1) is 56.7. The maximum absolute atomic E-state index is 12.6. The molecule has 10 heteroatoms. The summed E-state index contributed by atoms with van der Waals surface area (Å²) >= 11 is 0. The van der Waals surface area contributed by atoms with E-state index in [1.54, 1.807) is 0 Å². The van der Waals surface area contributed by atoms with Gasteiger partial charge >= 0.3 is 19.8 Å². The minimum atomic E-state index is -4.39. The van der Waals surface area contributed by atoms with Gasteiger partial charge in [-0.15, -0.1) is 0 Å². The first-order chi connectivity index (χ1) is 28.8. The maximum atomic E-state index is 12.6. The Labute approximate surface area is 361 Å². The first-order valence-corrected chi connectivity index (χ1v) is 25.3. The van der Waals surface area contributed by atoms with Gasteiger partial charge in [-0.2, -0.15) is 0 Å². The Morgan fingerprint density at radius 2 is 0.932 bits per heavy atom. The number of esters is 2. The predicted molar refractivity (Wildman–Crippen MR) is 247 cm³/mol. The van der Waals surface area contributed by atoms with E-state index in [4.69, 9.17) is 24.3 Å². The zero-order chi connectivity index (χ0) is 43.2. The molecule has 342 valence electrons. The molecular formula is C49H88NO8P. The van der Waals surface area contributed by atoms with E-state index in [0.29, 0.717) is 12.8 Å². The number of rotatable bonds is 44. The highest BCUT2D eigenvalue weighted by molar-refractivity contribution is 7.47. The predicted octanol–water partition coefficient (Wildman–Crippen LogP) is 14.1. The molecule has 0 aliphatic rings. The molecule has 0 spiro atoms. The lowest BCUT2D eigenvalue weighted by atomic mass is 10.0. The molecule has 0 saturated carbocycles. The van der Waals surface area contributed by atoms with Gasteiger partial charge in [-0.25, -0.2) is 4.57 Å². The summed E-state index contributed by atoms with van der Waals surface area (Å²) in [5.74, 6) is -0.856. The second kappa shape index (κ2) is 45.2. The van der Waals surface area contributed by atoms with Gasteiger partial charge in [0.15, 0.2) is 6.10 Å². The third-order valence-electron chi connectivity index (χ3n) is 9.89. The smallest absolute Gasteiger partial charge is 0.462 e. The van der Waals surface area contributed by atoms with Gasteiger partial charge in [0.25, 0.3) is 0 Å². The number of hydrogen-bond donors (Lipinski definition) is 2. The standard InChI is InChI=1S/C49H88NO8P/c1-3-5-7-9-11-13-15-17-19-21-22-23-24-26-28-30-32-34-36-38-40-42-49(52)58-47(46-57-59(53,54)56-44-43-50)45-55-48(51)41-39-37-35-33-31-29-27-25-20-18-16-14-12-10-8-6-4-2/h6,8,12,14,17-20,27,29,47H,3-5,7,9-11,13,15-16,21-26,28,30-46,50H2,1-2H3,(H,53,54)/b8-6-,14-12-,19-17-,20-18-,29-27-/t47-/m1/s1. The highest BCUT2D eigenvalue weighted by atomic mass is 31.2. The van der Waals surface area contributed by atoms with Crippen LogP contribution in [0.15, 0.2) is 60.8 Å². The van der Waals surface area contributed by atoms with Crippen molar-refractivity contribution in [2.24, 2.45) is 5.73 Å². The van der Waals surface area contributed by atoms with E-state index in [2.05, 4.69) is 74.6 Å². The average molecular weight is 850 g/mol. The van der Waals surface area contributed by atoms with Crippen molar-refractivity contribution in [3.05, 3.63) is 60.8 Å². The lowest BCUT2D eigenvalue weighted by Gasteiger charge is -2.19. The van der Waals surface area contributed by atoms with Gasteiger partial charge in [0.2, 0.25) is 0 Å². The first-order valence-electron chi connectivity index (χ1n) is 23.8. The van der Waals surface area contributed by atoms with Crippen LogP contribution in [0, 0.1) is 0 Å². The molecule has 0 bridgehead atoms. The molecule has 0 aromatic carbocycles. The van der Waals surface area contributed by atoms with Gasteiger partial charge in [-0.3, -0.25) is 18.6 Å². The number of phosphoric acid groups is 1. The zero-order valence-corrected chi connectivity index (χ0v) is 38.6. The topological polar surface area (TPSA) is 134 Å². The fourth-order valence-electron chi connectivity index (χ4n) is 6.39. The number of unbranched alkanes of at least 4 members (excludes halogenated alkanes) is 21. The number of nitrogens with two attached hydrogens (primary N) is 1. The van der Waals surface area contributed by atoms with E-state index >= 15 is 0 Å². The van der Waals surface area contributed by atoms with Crippen molar-refractivity contribution < 1.29 is 37.6 Å². The highest BCUT2D eigenvalue weighted by Crippen LogP contribution is 2.43. The van der Waals surface area contributed by atoms with Crippen molar-refractivity contribution in [3.8, 4) is 0 Å². The van der Waals surface area contributed by atoms with Crippen LogP contribution in [-0.4, -0.2) is 49.3 Å². The summed E-state index contributed by atoms with van der Waals surface area (Å²) in [6, 6.07) is 0. The van der Waals surface area contributed by atoms with Gasteiger partial charge in [0, 0.05) is 19.4 Å². The van der Waals surface area contributed by atoms with Crippen LogP contribution in [0.25, 0.3) is 0 Å². The number of allylic oxidation sites excluding steroid dienone is 10. The van der Waals surface area contributed by atoms with Gasteiger partial charge in [-0.1, -0.05) is 177 Å². The van der Waals surface area contributed by atoms with Crippen LogP contribution in [0.2, 0.25) is 0 Å². The second-order valence-electron chi connectivity index (χ2n) is 15.6. The largest absolute Gasteiger partial charge is 0.472 e. The molecule has 3 N–H and O–H groups in total. The molecule has 9 nitrogen and oxygen atoms in total. The van der Waals surface area contributed by atoms with E-state index in [1.165, 1.54) is 96.3 Å². The summed E-state index contributed by atoms with van der Waals surface area (Å²) in [5, 5.41) is 0. The lowest BCUT2D eigenvalue weighted by molar-refractivity contribution is -0.161. The van der Waals surface area contributed by atoms with E-state index in [9.17, 15) is 19.0 Å². The molecule has 0 rings (SSSR count).